The molecule has 66 valence electrons. The van der Waals surface area contributed by atoms with Crippen molar-refractivity contribution in [3.8, 4) is 0 Å². The van der Waals surface area contributed by atoms with Crippen molar-refractivity contribution >= 4 is 0 Å². The molecule has 0 aromatic carbocycles. The van der Waals surface area contributed by atoms with Gasteiger partial charge in [-0.2, -0.15) is 5.10 Å². The Hall–Kier alpha value is -1.12. The molecule has 0 saturated carbocycles. The van der Waals surface area contributed by atoms with E-state index >= 15 is 0 Å². The highest BCUT2D eigenvalue weighted by Gasteiger charge is 2.04. The van der Waals surface area contributed by atoms with Crippen molar-refractivity contribution in [3.05, 3.63) is 28.2 Å². The summed E-state index contributed by atoms with van der Waals surface area (Å²) in [6.45, 7) is 5.92. The van der Waals surface area contributed by atoms with Crippen molar-refractivity contribution < 1.29 is 0 Å². The fourth-order valence-corrected chi connectivity index (χ4v) is 1.01. The zero-order valence-corrected chi connectivity index (χ0v) is 7.74. The Morgan fingerprint density at radius 1 is 1.58 bits per heavy atom. The summed E-state index contributed by atoms with van der Waals surface area (Å²) in [5.41, 5.74) is 0.866. The van der Waals surface area contributed by atoms with E-state index in [2.05, 4.69) is 5.10 Å². The molecule has 0 bridgehead atoms. The summed E-state index contributed by atoms with van der Waals surface area (Å²) in [6, 6.07) is 3.49. The molecule has 0 aliphatic heterocycles. The standard InChI is InChI=1S/C9H14N2O/c1-4-8(3)11-9(12)6-5-7(2)10-11/h5-6,8H,4H2,1-3H3. The maximum atomic E-state index is 11.3. The quantitative estimate of drug-likeness (QED) is 0.667. The van der Waals surface area contributed by atoms with Crippen LogP contribution in [0.2, 0.25) is 0 Å². The van der Waals surface area contributed by atoms with Crippen molar-refractivity contribution in [2.24, 2.45) is 0 Å². The maximum absolute atomic E-state index is 11.3. The summed E-state index contributed by atoms with van der Waals surface area (Å²) in [6.07, 6.45) is 0.927. The molecule has 0 spiro atoms. The smallest absolute Gasteiger partial charge is 0.266 e. The van der Waals surface area contributed by atoms with Crippen LogP contribution in [0.1, 0.15) is 32.0 Å². The molecule has 0 saturated heterocycles. The number of rotatable bonds is 2. The van der Waals surface area contributed by atoms with Crippen LogP contribution in [-0.4, -0.2) is 9.78 Å². The largest absolute Gasteiger partial charge is 0.268 e. The monoisotopic (exact) mass is 166 g/mol. The number of hydrogen-bond acceptors (Lipinski definition) is 2. The molecule has 1 rings (SSSR count). The van der Waals surface area contributed by atoms with E-state index in [-0.39, 0.29) is 11.6 Å². The van der Waals surface area contributed by atoms with Gasteiger partial charge in [-0.05, 0) is 26.3 Å². The van der Waals surface area contributed by atoms with E-state index in [1.54, 1.807) is 12.1 Å². The molecule has 1 aromatic rings. The molecule has 12 heavy (non-hydrogen) atoms. The molecular weight excluding hydrogens is 152 g/mol. The van der Waals surface area contributed by atoms with Crippen LogP contribution in [0, 0.1) is 6.92 Å². The minimum absolute atomic E-state index is 0.0186. The van der Waals surface area contributed by atoms with Crippen LogP contribution < -0.4 is 5.56 Å². The summed E-state index contributed by atoms with van der Waals surface area (Å²) in [5, 5.41) is 4.15. The Morgan fingerprint density at radius 2 is 2.25 bits per heavy atom. The van der Waals surface area contributed by atoms with E-state index in [4.69, 9.17) is 0 Å². The average molecular weight is 166 g/mol. The minimum Gasteiger partial charge on any atom is -0.268 e. The zero-order chi connectivity index (χ0) is 9.14. The first kappa shape index (κ1) is 8.97. The van der Waals surface area contributed by atoms with E-state index < -0.39 is 0 Å². The van der Waals surface area contributed by atoms with Crippen LogP contribution >= 0.6 is 0 Å². The molecule has 0 aliphatic rings. The van der Waals surface area contributed by atoms with Crippen molar-refractivity contribution in [1.82, 2.24) is 9.78 Å². The van der Waals surface area contributed by atoms with Crippen LogP contribution in [0.15, 0.2) is 16.9 Å². The van der Waals surface area contributed by atoms with Crippen LogP contribution in [0.5, 0.6) is 0 Å². The molecular formula is C9H14N2O. The van der Waals surface area contributed by atoms with Gasteiger partial charge in [-0.3, -0.25) is 4.79 Å². The van der Waals surface area contributed by atoms with E-state index in [0.717, 1.165) is 12.1 Å². The Morgan fingerprint density at radius 3 is 2.83 bits per heavy atom. The highest BCUT2D eigenvalue weighted by Crippen LogP contribution is 2.04. The van der Waals surface area contributed by atoms with Crippen LogP contribution in [-0.2, 0) is 0 Å². The predicted molar refractivity (Wildman–Crippen MR) is 48.2 cm³/mol. The molecule has 3 heteroatoms. The van der Waals surface area contributed by atoms with Crippen molar-refractivity contribution in [2.45, 2.75) is 33.2 Å². The van der Waals surface area contributed by atoms with Gasteiger partial charge in [0, 0.05) is 6.07 Å². The van der Waals surface area contributed by atoms with Gasteiger partial charge < -0.3 is 0 Å². The fraction of sp³-hybridized carbons (Fsp3) is 0.556. The van der Waals surface area contributed by atoms with E-state index in [9.17, 15) is 4.79 Å². The fourth-order valence-electron chi connectivity index (χ4n) is 1.01. The van der Waals surface area contributed by atoms with Gasteiger partial charge in [0.15, 0.2) is 0 Å². The lowest BCUT2D eigenvalue weighted by atomic mass is 10.3. The molecule has 1 heterocycles. The molecule has 0 aliphatic carbocycles. The Labute approximate surface area is 72.0 Å². The number of hydrogen-bond donors (Lipinski definition) is 0. The van der Waals surface area contributed by atoms with Gasteiger partial charge in [0.25, 0.3) is 5.56 Å². The summed E-state index contributed by atoms with van der Waals surface area (Å²) < 4.78 is 1.54. The van der Waals surface area contributed by atoms with Crippen LogP contribution in [0.3, 0.4) is 0 Å². The third-order valence-electron chi connectivity index (χ3n) is 1.97. The molecule has 0 N–H and O–H groups in total. The van der Waals surface area contributed by atoms with Crippen LogP contribution in [0.25, 0.3) is 0 Å². The SMILES string of the molecule is CCC(C)n1nc(C)ccc1=O. The molecule has 0 radical (unpaired) electrons. The predicted octanol–water partition coefficient (Wildman–Crippen LogP) is 1.52. The second-order valence-corrected chi connectivity index (χ2v) is 3.01. The number of aromatic nitrogens is 2. The lowest BCUT2D eigenvalue weighted by molar-refractivity contribution is 0.450. The van der Waals surface area contributed by atoms with E-state index in [1.165, 1.54) is 4.68 Å². The lowest BCUT2D eigenvalue weighted by Crippen LogP contribution is -2.25. The Kier molecular flexibility index (Phi) is 2.63. The highest BCUT2D eigenvalue weighted by atomic mass is 16.1. The third kappa shape index (κ3) is 1.72. The number of nitrogens with zero attached hydrogens (tertiary/aromatic N) is 2. The molecule has 3 nitrogen and oxygen atoms in total. The van der Waals surface area contributed by atoms with Gasteiger partial charge in [-0.25, -0.2) is 4.68 Å². The van der Waals surface area contributed by atoms with Crippen molar-refractivity contribution in [1.29, 1.82) is 0 Å². The van der Waals surface area contributed by atoms with Gasteiger partial charge in [0.05, 0.1) is 11.7 Å². The first-order chi connectivity index (χ1) is 5.65. The minimum atomic E-state index is -0.0186. The maximum Gasteiger partial charge on any atom is 0.266 e. The molecule has 0 amide bonds. The average Bonchev–Trinajstić information content (AvgIpc) is 2.08. The van der Waals surface area contributed by atoms with E-state index in [1.807, 2.05) is 20.8 Å². The lowest BCUT2D eigenvalue weighted by Gasteiger charge is -2.10. The summed E-state index contributed by atoms with van der Waals surface area (Å²) in [5.74, 6) is 0. The molecule has 1 aromatic heterocycles. The molecule has 1 atom stereocenters. The molecule has 0 fully saturated rings. The van der Waals surface area contributed by atoms with Gasteiger partial charge in [0.1, 0.15) is 0 Å². The summed E-state index contributed by atoms with van der Waals surface area (Å²) in [4.78, 5) is 11.3. The Balaban J connectivity index is 3.13. The van der Waals surface area contributed by atoms with Gasteiger partial charge in [-0.15, -0.1) is 0 Å². The second-order valence-electron chi connectivity index (χ2n) is 3.01. The first-order valence-corrected chi connectivity index (χ1v) is 4.21. The third-order valence-corrected chi connectivity index (χ3v) is 1.97. The normalized spacial score (nSPS) is 12.9. The van der Waals surface area contributed by atoms with Crippen molar-refractivity contribution in [3.63, 3.8) is 0 Å². The highest BCUT2D eigenvalue weighted by molar-refractivity contribution is 4.97. The number of aryl methyl sites for hydroxylation is 1. The van der Waals surface area contributed by atoms with Crippen LogP contribution in [0.4, 0.5) is 0 Å². The second kappa shape index (κ2) is 3.52. The first-order valence-electron chi connectivity index (χ1n) is 4.21. The van der Waals surface area contributed by atoms with Gasteiger partial charge in [-0.1, -0.05) is 6.92 Å². The molecule has 1 unspecified atom stereocenters. The van der Waals surface area contributed by atoms with E-state index in [0.29, 0.717) is 0 Å². The Bertz CT molecular complexity index is 317. The van der Waals surface area contributed by atoms with Gasteiger partial charge >= 0.3 is 0 Å². The van der Waals surface area contributed by atoms with Gasteiger partial charge in [0.2, 0.25) is 0 Å². The topological polar surface area (TPSA) is 34.9 Å². The van der Waals surface area contributed by atoms with Crippen molar-refractivity contribution in [2.75, 3.05) is 0 Å². The zero-order valence-electron chi connectivity index (χ0n) is 7.74. The summed E-state index contributed by atoms with van der Waals surface area (Å²) in [7, 11) is 0. The summed E-state index contributed by atoms with van der Waals surface area (Å²) >= 11 is 0.